The fourth-order valence-electron chi connectivity index (χ4n) is 2.67. The maximum Gasteiger partial charge on any atom is 0.00477 e. The van der Waals surface area contributed by atoms with Gasteiger partial charge < -0.3 is 4.90 Å². The van der Waals surface area contributed by atoms with Gasteiger partial charge in [0.15, 0.2) is 0 Å². The molecule has 1 fully saturated rings. The largest absolute Gasteiger partial charge is 0.306 e. The predicted octanol–water partition coefficient (Wildman–Crippen LogP) is 3.84. The molecule has 0 amide bonds. The van der Waals surface area contributed by atoms with E-state index in [0.717, 1.165) is 5.92 Å². The van der Waals surface area contributed by atoms with Gasteiger partial charge in [0.25, 0.3) is 0 Å². The number of likely N-dealkylation sites (N-methyl/N-ethyl adjacent to an activating group) is 1. The summed E-state index contributed by atoms with van der Waals surface area (Å²) in [5, 5.41) is 2.71. The van der Waals surface area contributed by atoms with Crippen LogP contribution in [0, 0.1) is 0 Å². The first kappa shape index (κ1) is 12.6. The molecule has 1 unspecified atom stereocenters. The number of fused-ring (bicyclic) bond motifs is 1. The fourth-order valence-corrected chi connectivity index (χ4v) is 2.67. The average Bonchev–Trinajstić information content (AvgIpc) is 2.75. The van der Waals surface area contributed by atoms with Gasteiger partial charge in [0.1, 0.15) is 0 Å². The van der Waals surface area contributed by atoms with Crippen molar-refractivity contribution >= 4 is 27.8 Å². The van der Waals surface area contributed by atoms with Crippen LogP contribution in [0.4, 0.5) is 0 Å². The minimum absolute atomic E-state index is 0. The van der Waals surface area contributed by atoms with E-state index in [0.29, 0.717) is 0 Å². The summed E-state index contributed by atoms with van der Waals surface area (Å²) in [5.41, 5.74) is 1.50. The number of hydrogen-bond donors (Lipinski definition) is 0. The van der Waals surface area contributed by atoms with Crippen molar-refractivity contribution < 1.29 is 0 Å². The van der Waals surface area contributed by atoms with Crippen molar-refractivity contribution in [2.45, 2.75) is 12.3 Å². The van der Waals surface area contributed by atoms with E-state index in [1.54, 1.807) is 0 Å². The van der Waals surface area contributed by atoms with Crippen LogP contribution in [0.1, 0.15) is 17.9 Å². The molecule has 0 spiro atoms. The molecule has 1 heterocycles. The molecule has 2 heteroatoms. The second kappa shape index (κ2) is 5.19. The minimum Gasteiger partial charge on any atom is -0.306 e. The first-order valence-electron chi connectivity index (χ1n) is 6.00. The Labute approximate surface area is 113 Å². The summed E-state index contributed by atoms with van der Waals surface area (Å²) in [5.74, 6) is 0.731. The third-order valence-corrected chi connectivity index (χ3v) is 3.64. The number of likely N-dealkylation sites (tertiary alicyclic amines) is 1. The second-order valence-corrected chi connectivity index (χ2v) is 4.85. The zero-order valence-corrected chi connectivity index (χ0v) is 11.8. The van der Waals surface area contributed by atoms with Gasteiger partial charge in [-0.15, -0.1) is 17.0 Å². The van der Waals surface area contributed by atoms with Crippen LogP contribution in [0.5, 0.6) is 0 Å². The molecule has 0 aromatic heterocycles. The van der Waals surface area contributed by atoms with Gasteiger partial charge in [0.2, 0.25) is 0 Å². The minimum atomic E-state index is 0. The van der Waals surface area contributed by atoms with Crippen molar-refractivity contribution in [1.29, 1.82) is 0 Å². The Morgan fingerprint density at radius 1 is 1.06 bits per heavy atom. The smallest absolute Gasteiger partial charge is 0.00477 e. The summed E-state index contributed by atoms with van der Waals surface area (Å²) in [4.78, 5) is 2.42. The Morgan fingerprint density at radius 2 is 1.82 bits per heavy atom. The van der Waals surface area contributed by atoms with Crippen LogP contribution in [-0.4, -0.2) is 25.0 Å². The lowest BCUT2D eigenvalue weighted by Gasteiger charge is -2.11. The monoisotopic (exact) mass is 291 g/mol. The molecule has 1 nitrogen and oxygen atoms in total. The molecule has 90 valence electrons. The summed E-state index contributed by atoms with van der Waals surface area (Å²) in [6.07, 6.45) is 1.30. The third kappa shape index (κ3) is 2.53. The molecule has 0 saturated carbocycles. The number of benzene rings is 2. The molecule has 1 saturated heterocycles. The Balaban J connectivity index is 0.00000108. The summed E-state index contributed by atoms with van der Waals surface area (Å²) in [7, 11) is 2.21. The van der Waals surface area contributed by atoms with Gasteiger partial charge in [-0.25, -0.2) is 0 Å². The summed E-state index contributed by atoms with van der Waals surface area (Å²) in [6.45, 7) is 2.44. The van der Waals surface area contributed by atoms with Crippen molar-refractivity contribution in [3.63, 3.8) is 0 Å². The topological polar surface area (TPSA) is 3.24 Å². The average molecular weight is 292 g/mol. The quantitative estimate of drug-likeness (QED) is 0.772. The van der Waals surface area contributed by atoms with E-state index >= 15 is 0 Å². The SMILES string of the molecule is Br.CN1CCC(c2ccc3ccccc3c2)C1. The van der Waals surface area contributed by atoms with Crippen LogP contribution in [0.3, 0.4) is 0 Å². The molecule has 3 rings (SSSR count). The van der Waals surface area contributed by atoms with E-state index in [4.69, 9.17) is 0 Å². The maximum absolute atomic E-state index is 2.42. The van der Waals surface area contributed by atoms with Gasteiger partial charge in [-0.05, 0) is 42.3 Å². The second-order valence-electron chi connectivity index (χ2n) is 4.85. The molecule has 1 aliphatic rings. The van der Waals surface area contributed by atoms with E-state index in [-0.39, 0.29) is 17.0 Å². The molecule has 17 heavy (non-hydrogen) atoms. The lowest BCUT2D eigenvalue weighted by molar-refractivity contribution is 0.411. The number of rotatable bonds is 1. The zero-order valence-electron chi connectivity index (χ0n) is 10.1. The lowest BCUT2D eigenvalue weighted by atomic mass is 9.96. The molecule has 1 aliphatic heterocycles. The highest BCUT2D eigenvalue weighted by Gasteiger charge is 2.20. The Hall–Kier alpha value is -0.860. The van der Waals surface area contributed by atoms with Crippen molar-refractivity contribution in [3.8, 4) is 0 Å². The molecule has 0 bridgehead atoms. The fraction of sp³-hybridized carbons (Fsp3) is 0.333. The number of hydrogen-bond acceptors (Lipinski definition) is 1. The van der Waals surface area contributed by atoms with Crippen LogP contribution in [0.2, 0.25) is 0 Å². The van der Waals surface area contributed by atoms with Crippen LogP contribution in [-0.2, 0) is 0 Å². The molecule has 2 aromatic carbocycles. The molecule has 0 radical (unpaired) electrons. The highest BCUT2D eigenvalue weighted by molar-refractivity contribution is 8.93. The van der Waals surface area contributed by atoms with Crippen molar-refractivity contribution in [2.75, 3.05) is 20.1 Å². The van der Waals surface area contributed by atoms with Gasteiger partial charge in [-0.3, -0.25) is 0 Å². The number of nitrogens with zero attached hydrogens (tertiary/aromatic N) is 1. The van der Waals surface area contributed by atoms with Crippen LogP contribution >= 0.6 is 17.0 Å². The highest BCUT2D eigenvalue weighted by atomic mass is 79.9. The van der Waals surface area contributed by atoms with E-state index in [9.17, 15) is 0 Å². The standard InChI is InChI=1S/C15H17N.BrH/c1-16-9-8-15(11-16)14-7-6-12-4-2-3-5-13(12)10-14;/h2-7,10,15H,8-9,11H2,1H3;1H. The van der Waals surface area contributed by atoms with Crippen molar-refractivity contribution in [3.05, 3.63) is 48.0 Å². The lowest BCUT2D eigenvalue weighted by Crippen LogP contribution is -2.13. The van der Waals surface area contributed by atoms with Crippen LogP contribution in [0.25, 0.3) is 10.8 Å². The Bertz CT molecular complexity index is 509. The van der Waals surface area contributed by atoms with E-state index in [1.807, 2.05) is 0 Å². The molecular formula is C15H18BrN. The maximum atomic E-state index is 2.42. The Morgan fingerprint density at radius 3 is 2.53 bits per heavy atom. The summed E-state index contributed by atoms with van der Waals surface area (Å²) in [6, 6.07) is 15.5. The molecule has 0 aliphatic carbocycles. The Kier molecular flexibility index (Phi) is 3.85. The van der Waals surface area contributed by atoms with E-state index in [1.165, 1.54) is 35.8 Å². The molecule has 2 aromatic rings. The van der Waals surface area contributed by atoms with E-state index in [2.05, 4.69) is 54.4 Å². The number of halogens is 1. The summed E-state index contributed by atoms with van der Waals surface area (Å²) >= 11 is 0. The van der Waals surface area contributed by atoms with Crippen LogP contribution < -0.4 is 0 Å². The first-order chi connectivity index (χ1) is 7.83. The summed E-state index contributed by atoms with van der Waals surface area (Å²) < 4.78 is 0. The third-order valence-electron chi connectivity index (χ3n) is 3.64. The molecular weight excluding hydrogens is 274 g/mol. The van der Waals surface area contributed by atoms with Crippen LogP contribution in [0.15, 0.2) is 42.5 Å². The van der Waals surface area contributed by atoms with Gasteiger partial charge >= 0.3 is 0 Å². The highest BCUT2D eigenvalue weighted by Crippen LogP contribution is 2.28. The van der Waals surface area contributed by atoms with Gasteiger partial charge in [-0.1, -0.05) is 42.5 Å². The normalized spacial score (nSPS) is 20.4. The van der Waals surface area contributed by atoms with Gasteiger partial charge in [-0.2, -0.15) is 0 Å². The molecule has 0 N–H and O–H groups in total. The first-order valence-corrected chi connectivity index (χ1v) is 6.00. The zero-order chi connectivity index (χ0) is 11.0. The van der Waals surface area contributed by atoms with Gasteiger partial charge in [0, 0.05) is 6.54 Å². The molecule has 1 atom stereocenters. The van der Waals surface area contributed by atoms with E-state index < -0.39 is 0 Å². The van der Waals surface area contributed by atoms with Crippen molar-refractivity contribution in [2.24, 2.45) is 0 Å². The van der Waals surface area contributed by atoms with Gasteiger partial charge in [0.05, 0.1) is 0 Å². The predicted molar refractivity (Wildman–Crippen MR) is 79.1 cm³/mol. The van der Waals surface area contributed by atoms with Crippen molar-refractivity contribution in [1.82, 2.24) is 4.90 Å².